The van der Waals surface area contributed by atoms with Gasteiger partial charge in [0.2, 0.25) is 21.8 Å². The van der Waals surface area contributed by atoms with Gasteiger partial charge in [0.1, 0.15) is 11.5 Å². The van der Waals surface area contributed by atoms with Crippen LogP contribution >= 0.6 is 0 Å². The number of carbonyl (C=O) groups excluding carboxylic acids is 2. The maximum absolute atomic E-state index is 12.8. The Balaban J connectivity index is 2.01. The monoisotopic (exact) mass is 449 g/mol. The third kappa shape index (κ3) is 6.69. The Morgan fingerprint density at radius 1 is 1.03 bits per heavy atom. The number of methoxy groups -OCH3 is 2. The maximum Gasteiger partial charge on any atom is 0.243 e. The molecule has 0 aliphatic carbocycles. The average molecular weight is 450 g/mol. The summed E-state index contributed by atoms with van der Waals surface area (Å²) < 4.78 is 37.6. The Labute approximate surface area is 182 Å². The molecule has 0 fully saturated rings. The van der Waals surface area contributed by atoms with E-state index in [1.807, 2.05) is 0 Å². The van der Waals surface area contributed by atoms with Crippen molar-refractivity contribution in [1.29, 1.82) is 0 Å². The predicted molar refractivity (Wildman–Crippen MR) is 117 cm³/mol. The number of nitrogens with zero attached hydrogens (tertiary/aromatic N) is 1. The van der Waals surface area contributed by atoms with Gasteiger partial charge in [0.15, 0.2) is 0 Å². The van der Waals surface area contributed by atoms with Gasteiger partial charge in [0, 0.05) is 18.3 Å². The second-order valence-electron chi connectivity index (χ2n) is 6.65. The average Bonchev–Trinajstić information content (AvgIpc) is 2.76. The van der Waals surface area contributed by atoms with Crippen LogP contribution in [0.2, 0.25) is 0 Å². The highest BCUT2D eigenvalue weighted by molar-refractivity contribution is 7.89. The number of likely N-dealkylation sites (N-methyl/N-ethyl adjacent to an activating group) is 1. The molecule has 0 aliphatic heterocycles. The minimum Gasteiger partial charge on any atom is -0.497 e. The molecule has 2 rings (SSSR count). The van der Waals surface area contributed by atoms with Crippen molar-refractivity contribution in [2.24, 2.45) is 0 Å². The fourth-order valence-corrected chi connectivity index (χ4v) is 4.00. The van der Waals surface area contributed by atoms with Crippen molar-refractivity contribution in [3.8, 4) is 11.5 Å². The summed E-state index contributed by atoms with van der Waals surface area (Å²) in [5, 5.41) is 2.70. The standard InChI is InChI=1S/C21H27N3O6S/c1-5-24(14-20(25)22-16-7-6-8-18(13-16)30-4)21(26)15(2)23-31(27,28)19-11-9-17(29-3)10-12-19/h6-13,15,23H,5,14H2,1-4H3,(H,22,25)/t15-/m0/s1. The number of carbonyl (C=O) groups is 2. The van der Waals surface area contributed by atoms with Crippen molar-refractivity contribution >= 4 is 27.5 Å². The number of ether oxygens (including phenoxy) is 2. The first kappa shape index (κ1) is 24.2. The summed E-state index contributed by atoms with van der Waals surface area (Å²) in [5.41, 5.74) is 0.529. The number of hydrogen-bond acceptors (Lipinski definition) is 6. The molecule has 0 bridgehead atoms. The Morgan fingerprint density at radius 3 is 2.26 bits per heavy atom. The molecule has 10 heteroatoms. The SMILES string of the molecule is CCN(CC(=O)Nc1cccc(OC)c1)C(=O)[C@H](C)NS(=O)(=O)c1ccc(OC)cc1. The van der Waals surface area contributed by atoms with Crippen LogP contribution in [0.1, 0.15) is 13.8 Å². The third-order valence-corrected chi connectivity index (χ3v) is 6.01. The van der Waals surface area contributed by atoms with E-state index in [1.54, 1.807) is 31.2 Å². The van der Waals surface area contributed by atoms with E-state index in [9.17, 15) is 18.0 Å². The Bertz CT molecular complexity index is 1010. The minimum atomic E-state index is -3.92. The molecule has 0 unspecified atom stereocenters. The summed E-state index contributed by atoms with van der Waals surface area (Å²) in [5.74, 6) is 0.180. The largest absolute Gasteiger partial charge is 0.497 e. The lowest BCUT2D eigenvalue weighted by Crippen LogP contribution is -2.48. The molecule has 9 nitrogen and oxygen atoms in total. The first-order valence-corrected chi connectivity index (χ1v) is 11.1. The lowest BCUT2D eigenvalue weighted by molar-refractivity contribution is -0.135. The van der Waals surface area contributed by atoms with Crippen LogP contribution in [0.3, 0.4) is 0 Å². The van der Waals surface area contributed by atoms with Crippen LogP contribution in [0.25, 0.3) is 0 Å². The van der Waals surface area contributed by atoms with Crippen LogP contribution in [-0.4, -0.2) is 58.5 Å². The molecule has 2 amide bonds. The summed E-state index contributed by atoms with van der Waals surface area (Å²) in [7, 11) is -0.924. The quantitative estimate of drug-likeness (QED) is 0.572. The van der Waals surface area contributed by atoms with Crippen LogP contribution in [0.5, 0.6) is 11.5 Å². The molecule has 0 saturated heterocycles. The molecule has 0 spiro atoms. The topological polar surface area (TPSA) is 114 Å². The maximum atomic E-state index is 12.8. The van der Waals surface area contributed by atoms with Gasteiger partial charge < -0.3 is 19.7 Å². The van der Waals surface area contributed by atoms with E-state index in [4.69, 9.17) is 9.47 Å². The molecule has 168 valence electrons. The van der Waals surface area contributed by atoms with Crippen molar-refractivity contribution in [2.45, 2.75) is 24.8 Å². The van der Waals surface area contributed by atoms with E-state index in [0.717, 1.165) is 0 Å². The van der Waals surface area contributed by atoms with Crippen LogP contribution in [0.15, 0.2) is 53.4 Å². The van der Waals surface area contributed by atoms with Crippen molar-refractivity contribution < 1.29 is 27.5 Å². The lowest BCUT2D eigenvalue weighted by Gasteiger charge is -2.24. The highest BCUT2D eigenvalue weighted by atomic mass is 32.2. The second kappa shape index (κ2) is 10.8. The summed E-state index contributed by atoms with van der Waals surface area (Å²) in [6, 6.07) is 11.6. The predicted octanol–water partition coefficient (Wildman–Crippen LogP) is 1.86. The zero-order chi connectivity index (χ0) is 23.0. The van der Waals surface area contributed by atoms with Gasteiger partial charge in [-0.1, -0.05) is 6.07 Å². The molecule has 0 radical (unpaired) electrons. The van der Waals surface area contributed by atoms with Gasteiger partial charge in [-0.3, -0.25) is 9.59 Å². The normalized spacial score (nSPS) is 12.0. The smallest absolute Gasteiger partial charge is 0.243 e. The van der Waals surface area contributed by atoms with E-state index in [0.29, 0.717) is 17.2 Å². The van der Waals surface area contributed by atoms with Gasteiger partial charge in [0.25, 0.3) is 0 Å². The molecular formula is C21H27N3O6S. The van der Waals surface area contributed by atoms with Crippen molar-refractivity contribution in [2.75, 3.05) is 32.6 Å². The van der Waals surface area contributed by atoms with Crippen LogP contribution in [0.4, 0.5) is 5.69 Å². The molecule has 2 N–H and O–H groups in total. The molecule has 0 aromatic heterocycles. The number of nitrogens with one attached hydrogen (secondary N) is 2. The zero-order valence-corrected chi connectivity index (χ0v) is 18.7. The van der Waals surface area contributed by atoms with Crippen LogP contribution in [0, 0.1) is 0 Å². The summed E-state index contributed by atoms with van der Waals surface area (Å²) in [6.45, 7) is 3.16. The van der Waals surface area contributed by atoms with Crippen LogP contribution in [-0.2, 0) is 19.6 Å². The van der Waals surface area contributed by atoms with Gasteiger partial charge in [-0.25, -0.2) is 8.42 Å². The molecule has 0 aliphatic rings. The van der Waals surface area contributed by atoms with E-state index >= 15 is 0 Å². The van der Waals surface area contributed by atoms with Crippen molar-refractivity contribution in [3.63, 3.8) is 0 Å². The first-order chi connectivity index (χ1) is 14.7. The Morgan fingerprint density at radius 2 is 1.68 bits per heavy atom. The van der Waals surface area contributed by atoms with E-state index in [2.05, 4.69) is 10.0 Å². The molecular weight excluding hydrogens is 422 g/mol. The second-order valence-corrected chi connectivity index (χ2v) is 8.37. The third-order valence-electron chi connectivity index (χ3n) is 4.45. The first-order valence-electron chi connectivity index (χ1n) is 9.59. The number of anilines is 1. The van der Waals surface area contributed by atoms with Gasteiger partial charge in [0.05, 0.1) is 31.7 Å². The molecule has 0 saturated carbocycles. The zero-order valence-electron chi connectivity index (χ0n) is 17.9. The van der Waals surface area contributed by atoms with Gasteiger partial charge >= 0.3 is 0 Å². The van der Waals surface area contributed by atoms with Crippen LogP contribution < -0.4 is 19.5 Å². The molecule has 2 aromatic rings. The number of hydrogen-bond donors (Lipinski definition) is 2. The van der Waals surface area contributed by atoms with E-state index in [-0.39, 0.29) is 18.0 Å². The molecule has 31 heavy (non-hydrogen) atoms. The lowest BCUT2D eigenvalue weighted by atomic mass is 10.2. The summed E-state index contributed by atoms with van der Waals surface area (Å²) in [4.78, 5) is 26.4. The van der Waals surface area contributed by atoms with Crippen molar-refractivity contribution in [3.05, 3.63) is 48.5 Å². The Hall–Kier alpha value is -3.11. The highest BCUT2D eigenvalue weighted by Gasteiger charge is 2.26. The summed E-state index contributed by atoms with van der Waals surface area (Å²) in [6.07, 6.45) is 0. The molecule has 2 aromatic carbocycles. The van der Waals surface area contributed by atoms with Gasteiger partial charge in [-0.05, 0) is 50.2 Å². The number of rotatable bonds is 10. The van der Waals surface area contributed by atoms with E-state index in [1.165, 1.54) is 50.3 Å². The Kier molecular flexibility index (Phi) is 8.40. The number of sulfonamides is 1. The molecule has 1 atom stereocenters. The fraction of sp³-hybridized carbons (Fsp3) is 0.333. The van der Waals surface area contributed by atoms with Crippen molar-refractivity contribution in [1.82, 2.24) is 9.62 Å². The van der Waals surface area contributed by atoms with Gasteiger partial charge in [-0.15, -0.1) is 0 Å². The fourth-order valence-electron chi connectivity index (χ4n) is 2.80. The number of benzene rings is 2. The highest BCUT2D eigenvalue weighted by Crippen LogP contribution is 2.17. The minimum absolute atomic E-state index is 0.00627. The van der Waals surface area contributed by atoms with Gasteiger partial charge in [-0.2, -0.15) is 4.72 Å². The molecule has 0 heterocycles. The summed E-state index contributed by atoms with van der Waals surface area (Å²) >= 11 is 0. The number of amides is 2. The van der Waals surface area contributed by atoms with E-state index < -0.39 is 27.9 Å².